The lowest BCUT2D eigenvalue weighted by Gasteiger charge is -2.28. The van der Waals surface area contributed by atoms with E-state index in [1.54, 1.807) is 0 Å². The van der Waals surface area contributed by atoms with Gasteiger partial charge in [-0.2, -0.15) is 0 Å². The Morgan fingerprint density at radius 3 is 2.50 bits per heavy atom. The average molecular weight is 222 g/mol. The normalized spacial score (nSPS) is 15.0. The molecule has 0 saturated heterocycles. The fraction of sp³-hybridized carbons (Fsp3) is 0.538. The second-order valence-electron chi connectivity index (χ2n) is 5.08. The van der Waals surface area contributed by atoms with Gasteiger partial charge in [0.15, 0.2) is 11.5 Å². The number of ether oxygens (including phenoxy) is 2. The van der Waals surface area contributed by atoms with Crippen LogP contribution in [0.3, 0.4) is 0 Å². The molecule has 0 atom stereocenters. The molecule has 3 nitrogen and oxygen atoms in total. The van der Waals surface area contributed by atoms with Crippen molar-refractivity contribution in [2.45, 2.75) is 32.8 Å². The summed E-state index contributed by atoms with van der Waals surface area (Å²) in [5, 5.41) is 9.23. The lowest BCUT2D eigenvalue weighted by atomic mass is 9.85. The van der Waals surface area contributed by atoms with Crippen LogP contribution < -0.4 is 9.47 Å². The molecule has 0 radical (unpaired) electrons. The number of fused-ring (bicyclic) bond motifs is 1. The predicted octanol–water partition coefficient (Wildman–Crippen LogP) is 2.25. The van der Waals surface area contributed by atoms with Crippen molar-refractivity contribution < 1.29 is 14.6 Å². The van der Waals surface area contributed by atoms with Gasteiger partial charge in [-0.3, -0.25) is 0 Å². The molecule has 0 unspecified atom stereocenters. The van der Waals surface area contributed by atoms with E-state index >= 15 is 0 Å². The van der Waals surface area contributed by atoms with E-state index < -0.39 is 0 Å². The van der Waals surface area contributed by atoms with Gasteiger partial charge in [0.1, 0.15) is 13.2 Å². The fourth-order valence-corrected chi connectivity index (χ4v) is 1.86. The number of rotatable bonds is 1. The van der Waals surface area contributed by atoms with Crippen molar-refractivity contribution in [3.8, 4) is 11.5 Å². The van der Waals surface area contributed by atoms with E-state index in [1.807, 2.05) is 12.1 Å². The molecule has 0 aliphatic carbocycles. The highest BCUT2D eigenvalue weighted by molar-refractivity contribution is 5.52. The first-order chi connectivity index (χ1) is 7.52. The van der Waals surface area contributed by atoms with Crippen molar-refractivity contribution in [2.75, 3.05) is 13.2 Å². The van der Waals surface area contributed by atoms with Gasteiger partial charge in [0, 0.05) is 5.56 Å². The summed E-state index contributed by atoms with van der Waals surface area (Å²) >= 11 is 0. The molecule has 1 aliphatic rings. The Hall–Kier alpha value is -1.22. The summed E-state index contributed by atoms with van der Waals surface area (Å²) in [5.74, 6) is 1.58. The van der Waals surface area contributed by atoms with E-state index in [1.165, 1.54) is 0 Å². The Morgan fingerprint density at radius 2 is 1.88 bits per heavy atom. The number of benzene rings is 1. The monoisotopic (exact) mass is 222 g/mol. The minimum absolute atomic E-state index is 0.0179. The number of aliphatic hydroxyl groups excluding tert-OH is 1. The van der Waals surface area contributed by atoms with Crippen LogP contribution in [-0.2, 0) is 12.0 Å². The molecule has 1 heterocycles. The van der Waals surface area contributed by atoms with Crippen LogP contribution in [0.1, 0.15) is 31.9 Å². The second-order valence-corrected chi connectivity index (χ2v) is 5.08. The summed E-state index contributed by atoms with van der Waals surface area (Å²) in [6.45, 7) is 7.57. The van der Waals surface area contributed by atoms with Gasteiger partial charge in [0.2, 0.25) is 0 Å². The second kappa shape index (κ2) is 3.98. The zero-order chi connectivity index (χ0) is 11.8. The summed E-state index contributed by atoms with van der Waals surface area (Å²) in [4.78, 5) is 0. The van der Waals surface area contributed by atoms with Gasteiger partial charge in [-0.25, -0.2) is 0 Å². The Bertz CT molecular complexity index is 391. The lowest BCUT2D eigenvalue weighted by molar-refractivity contribution is 0.167. The van der Waals surface area contributed by atoms with Crippen LogP contribution >= 0.6 is 0 Å². The van der Waals surface area contributed by atoms with Crippen LogP contribution in [0.2, 0.25) is 0 Å². The van der Waals surface area contributed by atoms with E-state index in [9.17, 15) is 5.11 Å². The standard InChI is InChI=1S/C13H18O3/c1-13(2,3)10-6-9(8-14)7-11-12(10)16-5-4-15-11/h6-7,14H,4-5,8H2,1-3H3. The molecule has 0 bridgehead atoms. The van der Waals surface area contributed by atoms with Crippen molar-refractivity contribution in [2.24, 2.45) is 0 Å². The molecule has 1 aliphatic heterocycles. The third kappa shape index (κ3) is 2.00. The molecule has 0 fully saturated rings. The van der Waals surface area contributed by atoms with Crippen molar-refractivity contribution in [3.63, 3.8) is 0 Å². The third-order valence-corrected chi connectivity index (χ3v) is 2.69. The highest BCUT2D eigenvalue weighted by atomic mass is 16.6. The van der Waals surface area contributed by atoms with Gasteiger partial charge in [-0.05, 0) is 23.1 Å². The van der Waals surface area contributed by atoms with Crippen LogP contribution in [0, 0.1) is 0 Å². The number of aliphatic hydroxyl groups is 1. The van der Waals surface area contributed by atoms with Crippen molar-refractivity contribution >= 4 is 0 Å². The zero-order valence-electron chi connectivity index (χ0n) is 10.0. The number of hydrogen-bond donors (Lipinski definition) is 1. The molecule has 2 rings (SSSR count). The first-order valence-corrected chi connectivity index (χ1v) is 5.56. The molecule has 3 heteroatoms. The van der Waals surface area contributed by atoms with Gasteiger partial charge >= 0.3 is 0 Å². The molecule has 0 spiro atoms. The molecule has 1 aromatic carbocycles. The summed E-state index contributed by atoms with van der Waals surface area (Å²) < 4.78 is 11.2. The maximum atomic E-state index is 9.23. The van der Waals surface area contributed by atoms with Crippen molar-refractivity contribution in [1.29, 1.82) is 0 Å². The first-order valence-electron chi connectivity index (χ1n) is 5.56. The van der Waals surface area contributed by atoms with Crippen LogP contribution in [-0.4, -0.2) is 18.3 Å². The molecule has 16 heavy (non-hydrogen) atoms. The molecule has 0 saturated carbocycles. The fourth-order valence-electron chi connectivity index (χ4n) is 1.86. The van der Waals surface area contributed by atoms with E-state index in [2.05, 4.69) is 20.8 Å². The zero-order valence-corrected chi connectivity index (χ0v) is 10.0. The van der Waals surface area contributed by atoms with Crippen LogP contribution in [0.5, 0.6) is 11.5 Å². The first kappa shape index (κ1) is 11.3. The lowest BCUT2D eigenvalue weighted by Crippen LogP contribution is -2.21. The van der Waals surface area contributed by atoms with Crippen LogP contribution in [0.4, 0.5) is 0 Å². The van der Waals surface area contributed by atoms with E-state index in [0.29, 0.717) is 13.2 Å². The molecule has 1 aromatic rings. The Labute approximate surface area is 96.0 Å². The van der Waals surface area contributed by atoms with E-state index in [4.69, 9.17) is 9.47 Å². The van der Waals surface area contributed by atoms with Crippen LogP contribution in [0.25, 0.3) is 0 Å². The Balaban J connectivity index is 2.56. The third-order valence-electron chi connectivity index (χ3n) is 2.69. The quantitative estimate of drug-likeness (QED) is 0.792. The van der Waals surface area contributed by atoms with Crippen molar-refractivity contribution in [3.05, 3.63) is 23.3 Å². The maximum absolute atomic E-state index is 9.23. The summed E-state index contributed by atoms with van der Waals surface area (Å²) in [7, 11) is 0. The SMILES string of the molecule is CC(C)(C)c1cc(CO)cc2c1OCCO2. The number of hydrogen-bond acceptors (Lipinski definition) is 3. The molecule has 1 N–H and O–H groups in total. The van der Waals surface area contributed by atoms with E-state index in [-0.39, 0.29) is 12.0 Å². The minimum atomic E-state index is -0.0179. The topological polar surface area (TPSA) is 38.7 Å². The summed E-state index contributed by atoms with van der Waals surface area (Å²) in [5.41, 5.74) is 1.94. The van der Waals surface area contributed by atoms with Gasteiger partial charge in [0.25, 0.3) is 0 Å². The molecular formula is C13H18O3. The minimum Gasteiger partial charge on any atom is -0.486 e. The van der Waals surface area contributed by atoms with Crippen LogP contribution in [0.15, 0.2) is 12.1 Å². The smallest absolute Gasteiger partial charge is 0.165 e. The van der Waals surface area contributed by atoms with Gasteiger partial charge in [-0.15, -0.1) is 0 Å². The molecular weight excluding hydrogens is 204 g/mol. The Morgan fingerprint density at radius 1 is 1.19 bits per heavy atom. The summed E-state index contributed by atoms with van der Waals surface area (Å²) in [6, 6.07) is 3.84. The van der Waals surface area contributed by atoms with E-state index in [0.717, 1.165) is 22.6 Å². The molecule has 0 amide bonds. The predicted molar refractivity (Wildman–Crippen MR) is 62.1 cm³/mol. The Kier molecular flexibility index (Phi) is 2.80. The largest absolute Gasteiger partial charge is 0.486 e. The highest BCUT2D eigenvalue weighted by Crippen LogP contribution is 2.41. The average Bonchev–Trinajstić information content (AvgIpc) is 2.26. The van der Waals surface area contributed by atoms with Crippen molar-refractivity contribution in [1.82, 2.24) is 0 Å². The van der Waals surface area contributed by atoms with Gasteiger partial charge in [-0.1, -0.05) is 20.8 Å². The summed E-state index contributed by atoms with van der Waals surface area (Å²) in [6.07, 6.45) is 0. The molecule has 88 valence electrons. The maximum Gasteiger partial charge on any atom is 0.165 e. The highest BCUT2D eigenvalue weighted by Gasteiger charge is 2.25. The molecule has 0 aromatic heterocycles. The van der Waals surface area contributed by atoms with Gasteiger partial charge < -0.3 is 14.6 Å². The van der Waals surface area contributed by atoms with Gasteiger partial charge in [0.05, 0.1) is 6.61 Å².